The number of nitrogens with zero attached hydrogens (tertiary/aromatic N) is 1. The number of rotatable bonds is 7. The lowest BCUT2D eigenvalue weighted by molar-refractivity contribution is -0.123. The number of aromatic nitrogens is 1. The number of hydrogen-bond donors (Lipinski definition) is 2. The van der Waals surface area contributed by atoms with Crippen LogP contribution in [0.2, 0.25) is 5.02 Å². The smallest absolute Gasteiger partial charge is 0.252 e. The normalized spacial score (nSPS) is 11.8. The Hall–Kier alpha value is -2.40. The maximum Gasteiger partial charge on any atom is 0.252 e. The largest absolute Gasteiger partial charge is 0.354 e. The van der Waals surface area contributed by atoms with Gasteiger partial charge in [0.05, 0.1) is 22.2 Å². The topological polar surface area (TPSA) is 71.1 Å². The van der Waals surface area contributed by atoms with Crippen molar-refractivity contribution >= 4 is 23.4 Å². The van der Waals surface area contributed by atoms with Crippen molar-refractivity contribution < 1.29 is 9.59 Å². The molecular formula is C19H22ClN3O2. The molecule has 0 aliphatic rings. The zero-order valence-electron chi connectivity index (χ0n) is 14.3. The highest BCUT2D eigenvalue weighted by Crippen LogP contribution is 2.22. The summed E-state index contributed by atoms with van der Waals surface area (Å²) in [5, 5.41) is 6.01. The second-order valence-electron chi connectivity index (χ2n) is 6.00. The molecule has 0 aliphatic heterocycles. The molecule has 1 aromatic heterocycles. The van der Waals surface area contributed by atoms with Gasteiger partial charge >= 0.3 is 0 Å². The molecule has 2 rings (SSSR count). The van der Waals surface area contributed by atoms with E-state index in [1.165, 1.54) is 0 Å². The molecule has 0 aliphatic carbocycles. The molecule has 0 saturated carbocycles. The Bertz CT molecular complexity index is 720. The number of pyridine rings is 1. The van der Waals surface area contributed by atoms with E-state index in [1.54, 1.807) is 30.5 Å². The highest BCUT2D eigenvalue weighted by molar-refractivity contribution is 6.33. The Morgan fingerprint density at radius 3 is 2.36 bits per heavy atom. The van der Waals surface area contributed by atoms with Crippen molar-refractivity contribution in [2.45, 2.75) is 19.8 Å². The molecule has 25 heavy (non-hydrogen) atoms. The van der Waals surface area contributed by atoms with Crippen molar-refractivity contribution in [2.75, 3.05) is 13.1 Å². The molecule has 0 spiro atoms. The zero-order valence-corrected chi connectivity index (χ0v) is 15.1. The summed E-state index contributed by atoms with van der Waals surface area (Å²) in [6.07, 6.45) is 1.68. The predicted octanol–water partition coefficient (Wildman–Crippen LogP) is 3.02. The number of hydrogen-bond acceptors (Lipinski definition) is 3. The van der Waals surface area contributed by atoms with Gasteiger partial charge in [0.25, 0.3) is 5.91 Å². The molecule has 1 atom stereocenters. The van der Waals surface area contributed by atoms with E-state index in [-0.39, 0.29) is 23.7 Å². The molecule has 1 aromatic carbocycles. The highest BCUT2D eigenvalue weighted by atomic mass is 35.5. The molecule has 5 nitrogen and oxygen atoms in total. The number of carbonyl (C=O) groups is 2. The Balaban J connectivity index is 1.85. The number of carbonyl (C=O) groups excluding carboxylic acids is 2. The lowest BCUT2D eigenvalue weighted by Crippen LogP contribution is -2.38. The van der Waals surface area contributed by atoms with Crippen LogP contribution < -0.4 is 10.6 Å². The number of nitrogens with one attached hydrogen (secondary N) is 2. The Kier molecular flexibility index (Phi) is 6.95. The summed E-state index contributed by atoms with van der Waals surface area (Å²) in [5.74, 6) is -0.557. The van der Waals surface area contributed by atoms with Gasteiger partial charge < -0.3 is 10.6 Å². The predicted molar refractivity (Wildman–Crippen MR) is 98.6 cm³/mol. The third kappa shape index (κ3) is 5.29. The van der Waals surface area contributed by atoms with E-state index >= 15 is 0 Å². The van der Waals surface area contributed by atoms with Crippen LogP contribution in [0.5, 0.6) is 0 Å². The summed E-state index contributed by atoms with van der Waals surface area (Å²) >= 11 is 5.99. The Morgan fingerprint density at radius 2 is 1.72 bits per heavy atom. The van der Waals surface area contributed by atoms with Crippen LogP contribution in [0.4, 0.5) is 0 Å². The maximum atomic E-state index is 12.5. The van der Waals surface area contributed by atoms with Crippen LogP contribution in [0.3, 0.4) is 0 Å². The molecule has 1 heterocycles. The van der Waals surface area contributed by atoms with Gasteiger partial charge in [-0.15, -0.1) is 0 Å². The van der Waals surface area contributed by atoms with Gasteiger partial charge in [0.1, 0.15) is 0 Å². The first-order valence-electron chi connectivity index (χ1n) is 8.22. The first-order chi connectivity index (χ1) is 12.0. The van der Waals surface area contributed by atoms with Crippen LogP contribution in [-0.2, 0) is 4.79 Å². The fourth-order valence-corrected chi connectivity index (χ4v) is 2.77. The molecule has 0 saturated heterocycles. The van der Waals surface area contributed by atoms with Gasteiger partial charge in [0.15, 0.2) is 0 Å². The van der Waals surface area contributed by atoms with Crippen molar-refractivity contribution in [1.82, 2.24) is 15.6 Å². The van der Waals surface area contributed by atoms with Crippen LogP contribution in [0.25, 0.3) is 0 Å². The SMILES string of the molecule is CC(C)[C@H](C(=O)NCCNC(=O)c1ccccc1Cl)c1ccccn1. The molecule has 0 unspecified atom stereocenters. The van der Waals surface area contributed by atoms with Gasteiger partial charge in [-0.3, -0.25) is 14.6 Å². The molecule has 0 fully saturated rings. The van der Waals surface area contributed by atoms with Gasteiger partial charge in [0, 0.05) is 19.3 Å². The minimum absolute atomic E-state index is 0.0966. The van der Waals surface area contributed by atoms with Crippen molar-refractivity contribution in [1.29, 1.82) is 0 Å². The minimum atomic E-state index is -0.319. The summed E-state index contributed by atoms with van der Waals surface area (Å²) in [6, 6.07) is 12.4. The maximum absolute atomic E-state index is 12.5. The van der Waals surface area contributed by atoms with E-state index in [4.69, 9.17) is 11.6 Å². The van der Waals surface area contributed by atoms with Crippen LogP contribution in [0, 0.1) is 5.92 Å². The summed E-state index contributed by atoms with van der Waals surface area (Å²) in [5.41, 5.74) is 1.17. The van der Waals surface area contributed by atoms with E-state index in [2.05, 4.69) is 15.6 Å². The van der Waals surface area contributed by atoms with Crippen molar-refractivity contribution in [2.24, 2.45) is 5.92 Å². The van der Waals surface area contributed by atoms with E-state index in [1.807, 2.05) is 32.0 Å². The molecule has 2 N–H and O–H groups in total. The lowest BCUT2D eigenvalue weighted by Gasteiger charge is -2.19. The summed E-state index contributed by atoms with van der Waals surface area (Å²) in [7, 11) is 0. The van der Waals surface area contributed by atoms with Gasteiger partial charge in [-0.25, -0.2) is 0 Å². The van der Waals surface area contributed by atoms with E-state index in [0.29, 0.717) is 23.7 Å². The molecule has 2 amide bonds. The molecule has 0 radical (unpaired) electrons. The van der Waals surface area contributed by atoms with Crippen LogP contribution >= 0.6 is 11.6 Å². The summed E-state index contributed by atoms with van der Waals surface area (Å²) in [4.78, 5) is 28.8. The average molecular weight is 360 g/mol. The van der Waals surface area contributed by atoms with Crippen molar-refractivity contribution in [3.8, 4) is 0 Å². The van der Waals surface area contributed by atoms with E-state index in [0.717, 1.165) is 5.69 Å². The number of benzene rings is 1. The molecular weight excluding hydrogens is 338 g/mol. The number of amides is 2. The monoisotopic (exact) mass is 359 g/mol. The first kappa shape index (κ1) is 18.9. The summed E-state index contributed by atoms with van der Waals surface area (Å²) < 4.78 is 0. The summed E-state index contributed by atoms with van der Waals surface area (Å²) in [6.45, 7) is 4.63. The average Bonchev–Trinajstić information content (AvgIpc) is 2.59. The van der Waals surface area contributed by atoms with Crippen LogP contribution in [0.15, 0.2) is 48.7 Å². The fourth-order valence-electron chi connectivity index (χ4n) is 2.55. The second kappa shape index (κ2) is 9.18. The molecule has 6 heteroatoms. The minimum Gasteiger partial charge on any atom is -0.354 e. The lowest BCUT2D eigenvalue weighted by atomic mass is 9.91. The van der Waals surface area contributed by atoms with Crippen molar-refractivity contribution in [3.63, 3.8) is 0 Å². The van der Waals surface area contributed by atoms with Gasteiger partial charge in [0.2, 0.25) is 5.91 Å². The van der Waals surface area contributed by atoms with Crippen LogP contribution in [0.1, 0.15) is 35.8 Å². The Labute approximate surface area is 152 Å². The van der Waals surface area contributed by atoms with Gasteiger partial charge in [-0.1, -0.05) is 43.6 Å². The van der Waals surface area contributed by atoms with E-state index < -0.39 is 0 Å². The van der Waals surface area contributed by atoms with Crippen LogP contribution in [-0.4, -0.2) is 29.9 Å². The highest BCUT2D eigenvalue weighted by Gasteiger charge is 2.24. The third-order valence-electron chi connectivity index (χ3n) is 3.78. The third-order valence-corrected chi connectivity index (χ3v) is 4.11. The second-order valence-corrected chi connectivity index (χ2v) is 6.41. The Morgan fingerprint density at radius 1 is 1.04 bits per heavy atom. The molecule has 2 aromatic rings. The van der Waals surface area contributed by atoms with E-state index in [9.17, 15) is 9.59 Å². The van der Waals surface area contributed by atoms with Gasteiger partial charge in [-0.2, -0.15) is 0 Å². The first-order valence-corrected chi connectivity index (χ1v) is 8.60. The zero-order chi connectivity index (χ0) is 18.2. The van der Waals surface area contributed by atoms with Gasteiger partial charge in [-0.05, 0) is 30.2 Å². The molecule has 0 bridgehead atoms. The fraction of sp³-hybridized carbons (Fsp3) is 0.316. The standard InChI is InChI=1S/C19H22ClN3O2/c1-13(2)17(16-9-5-6-10-21-16)19(25)23-12-11-22-18(24)14-7-3-4-8-15(14)20/h3-10,13,17H,11-12H2,1-2H3,(H,22,24)(H,23,25)/t17-/m0/s1. The number of halogens is 1. The quantitative estimate of drug-likeness (QED) is 0.746. The molecule has 132 valence electrons. The van der Waals surface area contributed by atoms with Crippen molar-refractivity contribution in [3.05, 3.63) is 64.9 Å².